The molecule has 0 radical (unpaired) electrons. The van der Waals surface area contributed by atoms with Gasteiger partial charge in [0.1, 0.15) is 18.2 Å². The lowest BCUT2D eigenvalue weighted by atomic mass is 9.93. The van der Waals surface area contributed by atoms with Gasteiger partial charge in [0.25, 0.3) is 0 Å². The summed E-state index contributed by atoms with van der Waals surface area (Å²) in [6, 6.07) is 0.583. The number of hydrogen-bond acceptors (Lipinski definition) is 6. The Bertz CT molecular complexity index is 585. The van der Waals surface area contributed by atoms with E-state index in [1.54, 1.807) is 12.2 Å². The third-order valence-corrected chi connectivity index (χ3v) is 4.86. The second-order valence-corrected chi connectivity index (χ2v) is 6.48. The molecule has 3 heterocycles. The molecule has 0 aromatic carbocycles. The van der Waals surface area contributed by atoms with Gasteiger partial charge in [0.05, 0.1) is 13.3 Å². The summed E-state index contributed by atoms with van der Waals surface area (Å²) in [6.45, 7) is 2.87. The fourth-order valence-corrected chi connectivity index (χ4v) is 3.78. The van der Waals surface area contributed by atoms with E-state index in [0.717, 1.165) is 17.9 Å². The highest BCUT2D eigenvalue weighted by Crippen LogP contribution is 2.40. The van der Waals surface area contributed by atoms with Gasteiger partial charge in [0.2, 0.25) is 0 Å². The molecule has 0 aromatic rings. The van der Waals surface area contributed by atoms with Crippen molar-refractivity contribution in [3.8, 4) is 0 Å². The molecule has 0 atom stereocenters. The van der Waals surface area contributed by atoms with Crippen LogP contribution in [0.1, 0.15) is 45.4 Å². The van der Waals surface area contributed by atoms with E-state index in [1.807, 2.05) is 6.20 Å². The first-order valence-corrected chi connectivity index (χ1v) is 8.17. The van der Waals surface area contributed by atoms with Crippen LogP contribution in [0.25, 0.3) is 0 Å². The van der Waals surface area contributed by atoms with E-state index in [4.69, 9.17) is 4.84 Å². The molecule has 0 spiro atoms. The lowest BCUT2D eigenvalue weighted by Crippen LogP contribution is -2.42. The minimum atomic E-state index is 0.583. The van der Waals surface area contributed by atoms with E-state index in [0.29, 0.717) is 12.7 Å². The Balaban J connectivity index is 1.68. The smallest absolute Gasteiger partial charge is 0.176 e. The molecule has 0 amide bonds. The van der Waals surface area contributed by atoms with Gasteiger partial charge in [-0.25, -0.2) is 5.06 Å². The first kappa shape index (κ1) is 13.8. The summed E-state index contributed by atoms with van der Waals surface area (Å²) in [7, 11) is 1.69. The number of nitrogens with zero attached hydrogens (tertiary/aromatic N) is 5. The zero-order valence-electron chi connectivity index (χ0n) is 13.3. The molecule has 6 heteroatoms. The van der Waals surface area contributed by atoms with Crippen molar-refractivity contribution in [2.75, 3.05) is 13.8 Å². The summed E-state index contributed by atoms with van der Waals surface area (Å²) < 4.78 is 0. The van der Waals surface area contributed by atoms with E-state index in [2.05, 4.69) is 33.2 Å². The highest BCUT2D eigenvalue weighted by Gasteiger charge is 2.37. The third kappa shape index (κ3) is 2.22. The number of azo groups is 1. The molecule has 118 valence electrons. The first-order chi connectivity index (χ1) is 10.8. The SMILES string of the molecule is CON1C=C2N=NC3=C(N2C1)N(C1CCCCC1)C=C(C)C3. The lowest BCUT2D eigenvalue weighted by molar-refractivity contribution is -0.0974. The number of hydroxylamine groups is 2. The average Bonchev–Trinajstić information content (AvgIpc) is 2.98. The van der Waals surface area contributed by atoms with Gasteiger partial charge >= 0.3 is 0 Å². The van der Waals surface area contributed by atoms with Crippen LogP contribution in [0.3, 0.4) is 0 Å². The fraction of sp³-hybridized carbons (Fsp3) is 0.625. The predicted molar refractivity (Wildman–Crippen MR) is 82.6 cm³/mol. The summed E-state index contributed by atoms with van der Waals surface area (Å²) in [6.07, 6.45) is 11.7. The topological polar surface area (TPSA) is 43.7 Å². The number of allylic oxidation sites excluding steroid dienone is 1. The van der Waals surface area contributed by atoms with Crippen LogP contribution < -0.4 is 0 Å². The third-order valence-electron chi connectivity index (χ3n) is 4.86. The van der Waals surface area contributed by atoms with E-state index >= 15 is 0 Å². The summed E-state index contributed by atoms with van der Waals surface area (Å²) in [5, 5.41) is 10.7. The van der Waals surface area contributed by atoms with Crippen molar-refractivity contribution in [1.29, 1.82) is 0 Å². The molecule has 1 fully saturated rings. The minimum Gasteiger partial charge on any atom is -0.330 e. The maximum absolute atomic E-state index is 5.34. The second kappa shape index (κ2) is 5.43. The first-order valence-electron chi connectivity index (χ1n) is 8.17. The second-order valence-electron chi connectivity index (χ2n) is 6.48. The summed E-state index contributed by atoms with van der Waals surface area (Å²) in [5.41, 5.74) is 2.44. The summed E-state index contributed by atoms with van der Waals surface area (Å²) in [5.74, 6) is 2.08. The van der Waals surface area contributed by atoms with Crippen molar-refractivity contribution < 1.29 is 4.84 Å². The molecule has 4 aliphatic rings. The Morgan fingerprint density at radius 1 is 1.14 bits per heavy atom. The number of hydrogen-bond donors (Lipinski definition) is 0. The molecular weight excluding hydrogens is 278 g/mol. The molecule has 4 rings (SSSR count). The fourth-order valence-electron chi connectivity index (χ4n) is 3.78. The highest BCUT2D eigenvalue weighted by atomic mass is 16.7. The van der Waals surface area contributed by atoms with Crippen molar-refractivity contribution in [3.63, 3.8) is 0 Å². The van der Waals surface area contributed by atoms with Gasteiger partial charge in [-0.2, -0.15) is 0 Å². The molecule has 0 aromatic heterocycles. The monoisotopic (exact) mass is 301 g/mol. The van der Waals surface area contributed by atoms with Crippen molar-refractivity contribution in [1.82, 2.24) is 14.9 Å². The maximum Gasteiger partial charge on any atom is 0.176 e. The van der Waals surface area contributed by atoms with Crippen LogP contribution in [-0.2, 0) is 4.84 Å². The Morgan fingerprint density at radius 2 is 1.95 bits per heavy atom. The quantitative estimate of drug-likeness (QED) is 0.783. The molecule has 0 N–H and O–H groups in total. The van der Waals surface area contributed by atoms with Crippen molar-refractivity contribution in [2.24, 2.45) is 10.2 Å². The average molecular weight is 301 g/mol. The summed E-state index contributed by atoms with van der Waals surface area (Å²) in [4.78, 5) is 10.0. The predicted octanol–water partition coefficient (Wildman–Crippen LogP) is 3.50. The number of fused-ring (bicyclic) bond motifs is 2. The standard InChI is InChI=1S/C16H23N5O/c1-12-8-14-16(20(9-12)13-6-4-3-5-7-13)21-11-19(22-2)10-15(21)18-17-14/h9-10,13H,3-8,11H2,1-2H3. The Kier molecular flexibility index (Phi) is 3.41. The van der Waals surface area contributed by atoms with E-state index in [9.17, 15) is 0 Å². The maximum atomic E-state index is 5.34. The van der Waals surface area contributed by atoms with Gasteiger partial charge in [0.15, 0.2) is 5.82 Å². The van der Waals surface area contributed by atoms with Gasteiger partial charge in [-0.1, -0.05) is 24.8 Å². The van der Waals surface area contributed by atoms with Crippen molar-refractivity contribution in [2.45, 2.75) is 51.5 Å². The summed E-state index contributed by atoms with van der Waals surface area (Å²) >= 11 is 0. The molecule has 0 unspecified atom stereocenters. The van der Waals surface area contributed by atoms with Crippen LogP contribution in [0.2, 0.25) is 0 Å². The van der Waals surface area contributed by atoms with Gasteiger partial charge in [0, 0.05) is 18.7 Å². The lowest BCUT2D eigenvalue weighted by Gasteiger charge is -2.42. The van der Waals surface area contributed by atoms with Crippen molar-refractivity contribution >= 4 is 0 Å². The molecule has 6 nitrogen and oxygen atoms in total. The van der Waals surface area contributed by atoms with Crippen LogP contribution in [-0.4, -0.2) is 34.7 Å². The van der Waals surface area contributed by atoms with E-state index < -0.39 is 0 Å². The van der Waals surface area contributed by atoms with Crippen LogP contribution in [0.15, 0.2) is 45.5 Å². The molecule has 1 aliphatic carbocycles. The Morgan fingerprint density at radius 3 is 2.73 bits per heavy atom. The normalized spacial score (nSPS) is 25.3. The molecule has 3 aliphatic heterocycles. The van der Waals surface area contributed by atoms with E-state index in [-0.39, 0.29) is 0 Å². The molecule has 0 saturated heterocycles. The Labute approximate surface area is 131 Å². The van der Waals surface area contributed by atoms with Gasteiger partial charge in [-0.15, -0.1) is 10.2 Å². The largest absolute Gasteiger partial charge is 0.330 e. The van der Waals surface area contributed by atoms with Crippen LogP contribution in [0.4, 0.5) is 0 Å². The zero-order valence-corrected chi connectivity index (χ0v) is 13.3. The van der Waals surface area contributed by atoms with E-state index in [1.165, 1.54) is 43.5 Å². The van der Waals surface area contributed by atoms with Gasteiger partial charge < -0.3 is 4.90 Å². The minimum absolute atomic E-state index is 0.583. The Hall–Kier alpha value is -1.82. The molecule has 22 heavy (non-hydrogen) atoms. The van der Waals surface area contributed by atoms with Gasteiger partial charge in [-0.05, 0) is 19.8 Å². The molecule has 0 bridgehead atoms. The molecular formula is C16H23N5O. The van der Waals surface area contributed by atoms with Crippen LogP contribution in [0, 0.1) is 0 Å². The zero-order chi connectivity index (χ0) is 15.1. The van der Waals surface area contributed by atoms with Crippen molar-refractivity contribution in [3.05, 3.63) is 35.3 Å². The molecule has 1 saturated carbocycles. The number of rotatable bonds is 2. The van der Waals surface area contributed by atoms with Crippen LogP contribution in [0.5, 0.6) is 0 Å². The highest BCUT2D eigenvalue weighted by molar-refractivity contribution is 5.31. The van der Waals surface area contributed by atoms with Crippen LogP contribution >= 0.6 is 0 Å². The van der Waals surface area contributed by atoms with Gasteiger partial charge in [-0.3, -0.25) is 9.74 Å².